The van der Waals surface area contributed by atoms with E-state index in [-0.39, 0.29) is 5.91 Å². The van der Waals surface area contributed by atoms with Crippen LogP contribution in [0.1, 0.15) is 27.3 Å². The van der Waals surface area contributed by atoms with E-state index in [4.69, 9.17) is 0 Å². The second-order valence-electron chi connectivity index (χ2n) is 6.75. The summed E-state index contributed by atoms with van der Waals surface area (Å²) < 4.78 is 3.02. The molecule has 0 unspecified atom stereocenters. The third kappa shape index (κ3) is 3.98. The molecular formula is C23H19BrN4O. The minimum Gasteiger partial charge on any atom is -0.318 e. The van der Waals surface area contributed by atoms with Crippen LogP contribution in [0.4, 0.5) is 0 Å². The maximum atomic E-state index is 12.2. The molecule has 0 bridgehead atoms. The molecule has 1 N–H and O–H groups in total. The number of carbonyl (C=O) groups excluding carboxylic acids is 1. The molecule has 0 spiro atoms. The van der Waals surface area contributed by atoms with E-state index in [1.54, 1.807) is 24.5 Å². The topological polar surface area (TPSA) is 59.3 Å². The van der Waals surface area contributed by atoms with Gasteiger partial charge >= 0.3 is 0 Å². The number of nitrogens with zero attached hydrogens (tertiary/aromatic N) is 3. The number of amides is 1. The highest BCUT2D eigenvalue weighted by molar-refractivity contribution is 9.10. The standard InChI is InChI=1S/C23H19BrN4O/c1-15-11-19(14-26-27-23(29)18-5-3-7-20(24)12-18)16(2)28(15)21-8-9-22-17(13-21)6-4-10-25-22/h3-14H,1-2H3,(H,27,29)/b26-14-. The number of pyridine rings is 1. The summed E-state index contributed by atoms with van der Waals surface area (Å²) in [5.41, 5.74) is 8.25. The van der Waals surface area contributed by atoms with Gasteiger partial charge in [0.15, 0.2) is 0 Å². The zero-order valence-corrected chi connectivity index (χ0v) is 17.6. The van der Waals surface area contributed by atoms with Crippen LogP contribution in [0, 0.1) is 13.8 Å². The molecule has 4 aromatic rings. The monoisotopic (exact) mass is 446 g/mol. The first-order valence-corrected chi connectivity index (χ1v) is 9.95. The van der Waals surface area contributed by atoms with Crippen LogP contribution in [0.25, 0.3) is 16.6 Å². The Morgan fingerprint density at radius 3 is 2.79 bits per heavy atom. The molecule has 4 rings (SSSR count). The van der Waals surface area contributed by atoms with Crippen LogP contribution < -0.4 is 5.43 Å². The Hall–Kier alpha value is -3.25. The molecule has 1 amide bonds. The molecule has 0 atom stereocenters. The van der Waals surface area contributed by atoms with Gasteiger partial charge in [-0.25, -0.2) is 5.43 Å². The average molecular weight is 447 g/mol. The van der Waals surface area contributed by atoms with E-state index in [1.165, 1.54) is 0 Å². The molecule has 0 aliphatic rings. The summed E-state index contributed by atoms with van der Waals surface area (Å²) in [5.74, 6) is -0.251. The smallest absolute Gasteiger partial charge is 0.271 e. The summed E-state index contributed by atoms with van der Waals surface area (Å²) in [6.07, 6.45) is 3.47. The van der Waals surface area contributed by atoms with Gasteiger partial charge in [-0.2, -0.15) is 5.10 Å². The number of benzene rings is 2. The number of nitrogens with one attached hydrogen (secondary N) is 1. The van der Waals surface area contributed by atoms with Gasteiger partial charge in [0.05, 0.1) is 11.7 Å². The van der Waals surface area contributed by atoms with Gasteiger partial charge < -0.3 is 4.57 Å². The first-order valence-electron chi connectivity index (χ1n) is 9.16. The lowest BCUT2D eigenvalue weighted by molar-refractivity contribution is 0.0955. The summed E-state index contributed by atoms with van der Waals surface area (Å²) in [4.78, 5) is 16.6. The van der Waals surface area contributed by atoms with E-state index in [2.05, 4.69) is 67.2 Å². The van der Waals surface area contributed by atoms with Gasteiger partial charge in [0.2, 0.25) is 0 Å². The lowest BCUT2D eigenvalue weighted by Gasteiger charge is -2.10. The minimum absolute atomic E-state index is 0.251. The van der Waals surface area contributed by atoms with Crippen molar-refractivity contribution in [2.45, 2.75) is 13.8 Å². The number of fused-ring (bicyclic) bond motifs is 1. The van der Waals surface area contributed by atoms with Crippen LogP contribution in [0.15, 0.2) is 76.4 Å². The van der Waals surface area contributed by atoms with Crippen molar-refractivity contribution in [1.29, 1.82) is 0 Å². The molecular weight excluding hydrogens is 428 g/mol. The molecule has 144 valence electrons. The molecule has 2 aromatic heterocycles. The Kier molecular flexibility index (Phi) is 5.27. The van der Waals surface area contributed by atoms with Crippen LogP contribution in [-0.2, 0) is 0 Å². The van der Waals surface area contributed by atoms with Crippen molar-refractivity contribution in [2.75, 3.05) is 0 Å². The van der Waals surface area contributed by atoms with E-state index in [9.17, 15) is 4.79 Å². The molecule has 0 fully saturated rings. The SMILES string of the molecule is Cc1cc(/C=N\NC(=O)c2cccc(Br)c2)c(C)n1-c1ccc2ncccc2c1. The van der Waals surface area contributed by atoms with Crippen molar-refractivity contribution in [1.82, 2.24) is 15.0 Å². The average Bonchev–Trinajstić information content (AvgIpc) is 3.00. The van der Waals surface area contributed by atoms with Crippen LogP contribution in [0.2, 0.25) is 0 Å². The van der Waals surface area contributed by atoms with Gasteiger partial charge in [0, 0.05) is 44.3 Å². The second kappa shape index (κ2) is 8.01. The third-order valence-corrected chi connectivity index (χ3v) is 5.26. The Labute approximate surface area is 177 Å². The zero-order valence-electron chi connectivity index (χ0n) is 16.1. The summed E-state index contributed by atoms with van der Waals surface area (Å²) in [6, 6.07) is 19.4. The largest absolute Gasteiger partial charge is 0.318 e. The van der Waals surface area contributed by atoms with Gasteiger partial charge in [0.25, 0.3) is 5.91 Å². The summed E-state index contributed by atoms with van der Waals surface area (Å²) in [6.45, 7) is 4.09. The van der Waals surface area contributed by atoms with Gasteiger partial charge in [-0.1, -0.05) is 28.1 Å². The van der Waals surface area contributed by atoms with Crippen LogP contribution in [-0.4, -0.2) is 21.7 Å². The Morgan fingerprint density at radius 1 is 1.10 bits per heavy atom. The van der Waals surface area contributed by atoms with Gasteiger partial charge in [-0.05, 0) is 62.4 Å². The van der Waals surface area contributed by atoms with Crippen molar-refractivity contribution < 1.29 is 4.79 Å². The molecule has 0 radical (unpaired) electrons. The van der Waals surface area contributed by atoms with Gasteiger partial charge in [-0.15, -0.1) is 0 Å². The summed E-state index contributed by atoms with van der Waals surface area (Å²) >= 11 is 3.37. The molecule has 5 nitrogen and oxygen atoms in total. The minimum atomic E-state index is -0.251. The molecule has 0 saturated heterocycles. The first-order chi connectivity index (χ1) is 14.0. The van der Waals surface area contributed by atoms with E-state index < -0.39 is 0 Å². The zero-order chi connectivity index (χ0) is 20.4. The molecule has 0 aliphatic heterocycles. The summed E-state index contributed by atoms with van der Waals surface area (Å²) in [5, 5.41) is 5.23. The van der Waals surface area contributed by atoms with Crippen LogP contribution >= 0.6 is 15.9 Å². The normalized spacial score (nSPS) is 11.3. The van der Waals surface area contributed by atoms with E-state index in [0.29, 0.717) is 5.56 Å². The Bertz CT molecular complexity index is 1240. The predicted octanol–water partition coefficient (Wildman–Crippen LogP) is 5.17. The summed E-state index contributed by atoms with van der Waals surface area (Å²) in [7, 11) is 0. The first kappa shape index (κ1) is 19.1. The quantitative estimate of drug-likeness (QED) is 0.347. The highest BCUT2D eigenvalue weighted by Gasteiger charge is 2.10. The molecule has 29 heavy (non-hydrogen) atoms. The molecule has 0 aliphatic carbocycles. The van der Waals surface area contributed by atoms with Crippen molar-refractivity contribution in [3.63, 3.8) is 0 Å². The van der Waals surface area contributed by atoms with Crippen LogP contribution in [0.3, 0.4) is 0 Å². The van der Waals surface area contributed by atoms with E-state index in [0.717, 1.165) is 38.0 Å². The van der Waals surface area contributed by atoms with Crippen molar-refractivity contribution in [3.05, 3.63) is 93.8 Å². The molecule has 0 saturated carbocycles. The Morgan fingerprint density at radius 2 is 1.97 bits per heavy atom. The number of hydrogen-bond acceptors (Lipinski definition) is 3. The van der Waals surface area contributed by atoms with Gasteiger partial charge in [0.1, 0.15) is 0 Å². The maximum absolute atomic E-state index is 12.2. The number of halogens is 1. The fourth-order valence-corrected chi connectivity index (χ4v) is 3.77. The van der Waals surface area contributed by atoms with Gasteiger partial charge in [-0.3, -0.25) is 9.78 Å². The fraction of sp³-hybridized carbons (Fsp3) is 0.0870. The molecule has 6 heteroatoms. The second-order valence-corrected chi connectivity index (χ2v) is 7.67. The van der Waals surface area contributed by atoms with Crippen molar-refractivity contribution in [3.8, 4) is 5.69 Å². The van der Waals surface area contributed by atoms with Crippen molar-refractivity contribution in [2.24, 2.45) is 5.10 Å². The number of aryl methyl sites for hydroxylation is 1. The number of aromatic nitrogens is 2. The van der Waals surface area contributed by atoms with Crippen molar-refractivity contribution >= 4 is 39.0 Å². The number of carbonyl (C=O) groups is 1. The predicted molar refractivity (Wildman–Crippen MR) is 120 cm³/mol. The number of hydrazone groups is 1. The van der Waals surface area contributed by atoms with Crippen LogP contribution in [0.5, 0.6) is 0 Å². The lowest BCUT2D eigenvalue weighted by Crippen LogP contribution is -2.17. The maximum Gasteiger partial charge on any atom is 0.271 e. The number of rotatable bonds is 4. The highest BCUT2D eigenvalue weighted by atomic mass is 79.9. The Balaban J connectivity index is 1.58. The van der Waals surface area contributed by atoms with E-state index >= 15 is 0 Å². The molecule has 2 aromatic carbocycles. The van der Waals surface area contributed by atoms with E-state index in [1.807, 2.05) is 31.2 Å². The fourth-order valence-electron chi connectivity index (χ4n) is 3.37. The highest BCUT2D eigenvalue weighted by Crippen LogP contribution is 2.23. The lowest BCUT2D eigenvalue weighted by atomic mass is 10.2. The number of hydrogen-bond donors (Lipinski definition) is 1. The third-order valence-electron chi connectivity index (χ3n) is 4.77. The molecule has 2 heterocycles.